The Kier molecular flexibility index (Phi) is 6.80. The van der Waals surface area contributed by atoms with E-state index in [2.05, 4.69) is 10.6 Å². The van der Waals surface area contributed by atoms with Crippen molar-refractivity contribution >= 4 is 17.8 Å². The summed E-state index contributed by atoms with van der Waals surface area (Å²) in [6.07, 6.45) is 1.86. The van der Waals surface area contributed by atoms with Gasteiger partial charge in [-0.1, -0.05) is 13.8 Å². The van der Waals surface area contributed by atoms with Gasteiger partial charge in [-0.05, 0) is 32.1 Å². The van der Waals surface area contributed by atoms with Crippen LogP contribution in [0.25, 0.3) is 0 Å². The van der Waals surface area contributed by atoms with Gasteiger partial charge in [-0.25, -0.2) is 4.79 Å². The normalized spacial score (nSPS) is 16.9. The van der Waals surface area contributed by atoms with Gasteiger partial charge >= 0.3 is 5.97 Å². The van der Waals surface area contributed by atoms with Gasteiger partial charge in [0.2, 0.25) is 11.8 Å². The van der Waals surface area contributed by atoms with Crippen LogP contribution in [0, 0.1) is 11.3 Å². The molecule has 7 nitrogen and oxygen atoms in total. The zero-order chi connectivity index (χ0) is 16.8. The number of nitrogens with one attached hydrogen (secondary N) is 2. The van der Waals surface area contributed by atoms with Crippen molar-refractivity contribution in [2.45, 2.75) is 46.1 Å². The molecule has 0 radical (unpaired) electrons. The standard InChI is InChI=1S/C15H26N2O5/c1-4-22-9-15(5-6-15)14(21)16-8-12(18)17-11(13(19)20)7-10(2)3/h10-11H,4-9H2,1-3H3,(H,16,21)(H,17,18)(H,19,20)/t11-/m0/s1. The van der Waals surface area contributed by atoms with Crippen LogP contribution in [0.4, 0.5) is 0 Å². The highest BCUT2D eigenvalue weighted by Crippen LogP contribution is 2.45. The van der Waals surface area contributed by atoms with Crippen molar-refractivity contribution in [1.29, 1.82) is 0 Å². The molecule has 1 rings (SSSR count). The van der Waals surface area contributed by atoms with E-state index in [0.29, 0.717) is 19.6 Å². The van der Waals surface area contributed by atoms with Gasteiger partial charge in [0.05, 0.1) is 18.6 Å². The summed E-state index contributed by atoms with van der Waals surface area (Å²) in [7, 11) is 0. The SMILES string of the molecule is CCOCC1(C(=O)NCC(=O)N[C@@H](CC(C)C)C(=O)O)CC1. The number of carboxylic acids is 1. The van der Waals surface area contributed by atoms with Gasteiger partial charge in [0.1, 0.15) is 6.04 Å². The lowest BCUT2D eigenvalue weighted by Gasteiger charge is -2.18. The van der Waals surface area contributed by atoms with Crippen molar-refractivity contribution < 1.29 is 24.2 Å². The molecule has 0 heterocycles. The maximum absolute atomic E-state index is 12.0. The van der Waals surface area contributed by atoms with E-state index in [0.717, 1.165) is 12.8 Å². The summed E-state index contributed by atoms with van der Waals surface area (Å²) in [5, 5.41) is 14.1. The topological polar surface area (TPSA) is 105 Å². The molecular weight excluding hydrogens is 288 g/mol. The first-order valence-corrected chi connectivity index (χ1v) is 7.69. The Hall–Kier alpha value is -1.63. The number of hydrogen-bond acceptors (Lipinski definition) is 4. The van der Waals surface area contributed by atoms with E-state index in [4.69, 9.17) is 9.84 Å². The minimum atomic E-state index is -1.07. The van der Waals surface area contributed by atoms with Crippen LogP contribution in [-0.2, 0) is 19.1 Å². The second kappa shape index (κ2) is 8.12. The minimum Gasteiger partial charge on any atom is -0.480 e. The Morgan fingerprint density at radius 1 is 1.27 bits per heavy atom. The highest BCUT2D eigenvalue weighted by atomic mass is 16.5. The fourth-order valence-corrected chi connectivity index (χ4v) is 2.17. The third-order valence-electron chi connectivity index (χ3n) is 3.67. The van der Waals surface area contributed by atoms with E-state index < -0.39 is 23.3 Å². The van der Waals surface area contributed by atoms with E-state index in [9.17, 15) is 14.4 Å². The minimum absolute atomic E-state index is 0.150. The summed E-state index contributed by atoms with van der Waals surface area (Å²) >= 11 is 0. The average Bonchev–Trinajstić information content (AvgIpc) is 3.22. The van der Waals surface area contributed by atoms with Gasteiger partial charge in [-0.2, -0.15) is 0 Å². The number of carboxylic acid groups (broad SMARTS) is 1. The number of ether oxygens (including phenoxy) is 1. The number of carbonyl (C=O) groups is 3. The summed E-state index contributed by atoms with van der Waals surface area (Å²) in [5.41, 5.74) is -0.500. The van der Waals surface area contributed by atoms with E-state index in [-0.39, 0.29) is 18.4 Å². The largest absolute Gasteiger partial charge is 0.480 e. The fraction of sp³-hybridized carbons (Fsp3) is 0.800. The first-order chi connectivity index (χ1) is 10.3. The lowest BCUT2D eigenvalue weighted by atomic mass is 10.0. The molecular formula is C15H26N2O5. The molecule has 0 unspecified atom stereocenters. The second-order valence-electron chi connectivity index (χ2n) is 6.19. The van der Waals surface area contributed by atoms with Crippen LogP contribution in [0.15, 0.2) is 0 Å². The molecule has 0 bridgehead atoms. The molecule has 0 saturated heterocycles. The Morgan fingerprint density at radius 3 is 2.36 bits per heavy atom. The molecule has 1 fully saturated rings. The van der Waals surface area contributed by atoms with Crippen LogP contribution in [0.3, 0.4) is 0 Å². The van der Waals surface area contributed by atoms with Crippen molar-refractivity contribution in [1.82, 2.24) is 10.6 Å². The molecule has 7 heteroatoms. The molecule has 0 aromatic heterocycles. The van der Waals surface area contributed by atoms with Gasteiger partial charge < -0.3 is 20.5 Å². The highest BCUT2D eigenvalue weighted by Gasteiger charge is 2.50. The van der Waals surface area contributed by atoms with Crippen LogP contribution in [0.5, 0.6) is 0 Å². The van der Waals surface area contributed by atoms with Gasteiger partial charge in [0.25, 0.3) is 0 Å². The number of rotatable bonds is 10. The van der Waals surface area contributed by atoms with Gasteiger partial charge in [-0.3, -0.25) is 9.59 Å². The van der Waals surface area contributed by atoms with E-state index >= 15 is 0 Å². The third-order valence-corrected chi connectivity index (χ3v) is 3.67. The Morgan fingerprint density at radius 2 is 1.91 bits per heavy atom. The van der Waals surface area contributed by atoms with Crippen LogP contribution in [-0.4, -0.2) is 48.7 Å². The van der Waals surface area contributed by atoms with Crippen LogP contribution >= 0.6 is 0 Å². The zero-order valence-electron chi connectivity index (χ0n) is 13.5. The fourth-order valence-electron chi connectivity index (χ4n) is 2.17. The predicted molar refractivity (Wildman–Crippen MR) is 80.2 cm³/mol. The molecule has 1 atom stereocenters. The van der Waals surface area contributed by atoms with Crippen LogP contribution in [0.2, 0.25) is 0 Å². The molecule has 2 amide bonds. The van der Waals surface area contributed by atoms with E-state index in [1.807, 2.05) is 20.8 Å². The summed E-state index contributed by atoms with van der Waals surface area (Å²) in [6.45, 7) is 6.33. The monoisotopic (exact) mass is 314 g/mol. The lowest BCUT2D eigenvalue weighted by Crippen LogP contribution is -2.47. The molecule has 0 aromatic carbocycles. The Balaban J connectivity index is 2.39. The summed E-state index contributed by atoms with van der Waals surface area (Å²) in [4.78, 5) is 34.9. The first-order valence-electron chi connectivity index (χ1n) is 7.69. The first kappa shape index (κ1) is 18.4. The van der Waals surface area contributed by atoms with Crippen molar-refractivity contribution in [3.63, 3.8) is 0 Å². The number of aliphatic carboxylic acids is 1. The van der Waals surface area contributed by atoms with Crippen molar-refractivity contribution in [3.8, 4) is 0 Å². The van der Waals surface area contributed by atoms with Crippen LogP contribution < -0.4 is 10.6 Å². The van der Waals surface area contributed by atoms with Gasteiger partial charge in [0.15, 0.2) is 0 Å². The Labute approximate surface area is 130 Å². The smallest absolute Gasteiger partial charge is 0.326 e. The quantitative estimate of drug-likeness (QED) is 0.546. The molecule has 22 heavy (non-hydrogen) atoms. The zero-order valence-corrected chi connectivity index (χ0v) is 13.5. The molecule has 0 aromatic rings. The molecule has 1 saturated carbocycles. The molecule has 126 valence electrons. The average molecular weight is 314 g/mol. The number of amides is 2. The van der Waals surface area contributed by atoms with E-state index in [1.54, 1.807) is 0 Å². The van der Waals surface area contributed by atoms with Crippen molar-refractivity contribution in [2.75, 3.05) is 19.8 Å². The van der Waals surface area contributed by atoms with Crippen molar-refractivity contribution in [3.05, 3.63) is 0 Å². The van der Waals surface area contributed by atoms with Crippen LogP contribution in [0.1, 0.15) is 40.0 Å². The highest BCUT2D eigenvalue weighted by molar-refractivity contribution is 5.91. The Bertz CT molecular complexity index is 418. The number of hydrogen-bond donors (Lipinski definition) is 3. The summed E-state index contributed by atoms with van der Waals surface area (Å²) in [5.74, 6) is -1.61. The second-order valence-corrected chi connectivity index (χ2v) is 6.19. The molecule has 0 spiro atoms. The lowest BCUT2D eigenvalue weighted by molar-refractivity contribution is -0.142. The maximum atomic E-state index is 12.0. The van der Waals surface area contributed by atoms with Gasteiger partial charge in [-0.15, -0.1) is 0 Å². The third kappa shape index (κ3) is 5.63. The maximum Gasteiger partial charge on any atom is 0.326 e. The molecule has 0 aliphatic heterocycles. The molecule has 1 aliphatic rings. The van der Waals surface area contributed by atoms with Gasteiger partial charge in [0, 0.05) is 6.61 Å². The van der Waals surface area contributed by atoms with Crippen molar-refractivity contribution in [2.24, 2.45) is 11.3 Å². The summed E-state index contributed by atoms with van der Waals surface area (Å²) in [6, 6.07) is -0.928. The van der Waals surface area contributed by atoms with E-state index in [1.165, 1.54) is 0 Å². The number of carbonyl (C=O) groups excluding carboxylic acids is 2. The predicted octanol–water partition coefficient (Wildman–Crippen LogP) is 0.535. The molecule has 1 aliphatic carbocycles. The summed E-state index contributed by atoms with van der Waals surface area (Å²) < 4.78 is 5.29. The molecule has 3 N–H and O–H groups in total.